The summed E-state index contributed by atoms with van der Waals surface area (Å²) in [4.78, 5) is 29.3. The number of fused-ring (bicyclic) bond motifs is 1. The molecule has 0 atom stereocenters. The topological polar surface area (TPSA) is 92.8 Å². The highest BCUT2D eigenvalue weighted by Gasteiger charge is 2.29. The van der Waals surface area contributed by atoms with Gasteiger partial charge in [0.25, 0.3) is 5.91 Å². The molecule has 184 valence electrons. The van der Waals surface area contributed by atoms with E-state index in [9.17, 15) is 18.0 Å². The van der Waals surface area contributed by atoms with E-state index in [1.54, 1.807) is 13.8 Å². The zero-order valence-electron chi connectivity index (χ0n) is 19.7. The Labute approximate surface area is 209 Å². The van der Waals surface area contributed by atoms with Gasteiger partial charge in [0.1, 0.15) is 5.00 Å². The monoisotopic (exact) mass is 512 g/mol. The smallest absolute Gasteiger partial charge is 0.341 e. The van der Waals surface area contributed by atoms with Crippen LogP contribution in [0.3, 0.4) is 0 Å². The van der Waals surface area contributed by atoms with E-state index < -0.39 is 21.7 Å². The van der Waals surface area contributed by atoms with Crippen LogP contribution < -0.4 is 5.32 Å². The molecule has 9 heteroatoms. The zero-order chi connectivity index (χ0) is 25.0. The third-order valence-electron chi connectivity index (χ3n) is 5.95. The van der Waals surface area contributed by atoms with Crippen molar-refractivity contribution < 1.29 is 22.7 Å². The SMILES string of the molecule is CCOC(=O)c1c(NC(=O)c2ccc(S(=O)(=O)CC)cc2)sc2c1CCN(Cc1ccccc1)C2. The number of ether oxygens (including phenoxy) is 1. The lowest BCUT2D eigenvalue weighted by Crippen LogP contribution is -2.29. The maximum atomic E-state index is 13.0. The molecule has 0 saturated heterocycles. The molecular weight excluding hydrogens is 484 g/mol. The fraction of sp³-hybridized carbons (Fsp3) is 0.308. The van der Waals surface area contributed by atoms with Crippen LogP contribution in [-0.2, 0) is 34.1 Å². The number of thiophene rings is 1. The van der Waals surface area contributed by atoms with Crippen LogP contribution in [0.25, 0.3) is 0 Å². The molecule has 0 saturated carbocycles. The van der Waals surface area contributed by atoms with Gasteiger partial charge in [0.05, 0.1) is 22.8 Å². The van der Waals surface area contributed by atoms with Crippen molar-refractivity contribution in [1.29, 1.82) is 0 Å². The Morgan fingerprint density at radius 3 is 2.43 bits per heavy atom. The second kappa shape index (κ2) is 10.7. The Morgan fingerprint density at radius 1 is 1.06 bits per heavy atom. The molecule has 1 aliphatic heterocycles. The van der Waals surface area contributed by atoms with Gasteiger partial charge >= 0.3 is 5.97 Å². The molecule has 0 unspecified atom stereocenters. The highest BCUT2D eigenvalue weighted by molar-refractivity contribution is 7.91. The Morgan fingerprint density at radius 2 is 1.77 bits per heavy atom. The number of carbonyl (C=O) groups excluding carboxylic acids is 2. The number of amides is 1. The average molecular weight is 513 g/mol. The molecule has 0 fully saturated rings. The van der Waals surface area contributed by atoms with Crippen LogP contribution in [0.15, 0.2) is 59.5 Å². The lowest BCUT2D eigenvalue weighted by atomic mass is 10.0. The van der Waals surface area contributed by atoms with Crippen molar-refractivity contribution in [1.82, 2.24) is 4.90 Å². The number of hydrogen-bond acceptors (Lipinski definition) is 7. The van der Waals surface area contributed by atoms with Crippen molar-refractivity contribution in [2.45, 2.75) is 38.3 Å². The normalized spacial score (nSPS) is 13.8. The van der Waals surface area contributed by atoms with Gasteiger partial charge in [-0.1, -0.05) is 37.3 Å². The number of rotatable bonds is 8. The number of hydrogen-bond donors (Lipinski definition) is 1. The fourth-order valence-corrected chi connectivity index (χ4v) is 6.25. The molecule has 2 heterocycles. The lowest BCUT2D eigenvalue weighted by molar-refractivity contribution is 0.0526. The van der Waals surface area contributed by atoms with E-state index in [1.807, 2.05) is 18.2 Å². The van der Waals surface area contributed by atoms with E-state index in [2.05, 4.69) is 22.3 Å². The quantitative estimate of drug-likeness (QED) is 0.446. The molecular formula is C26H28N2O5S2. The third kappa shape index (κ3) is 5.63. The summed E-state index contributed by atoms with van der Waals surface area (Å²) in [6.45, 7) is 5.85. The largest absolute Gasteiger partial charge is 0.462 e. The Balaban J connectivity index is 1.57. The van der Waals surface area contributed by atoms with Crippen LogP contribution in [0.1, 0.15) is 50.6 Å². The summed E-state index contributed by atoms with van der Waals surface area (Å²) in [5, 5.41) is 3.33. The summed E-state index contributed by atoms with van der Waals surface area (Å²) in [7, 11) is -3.35. The highest BCUT2D eigenvalue weighted by Crippen LogP contribution is 2.38. The van der Waals surface area contributed by atoms with E-state index in [0.29, 0.717) is 29.1 Å². The van der Waals surface area contributed by atoms with Gasteiger partial charge in [0.15, 0.2) is 9.84 Å². The standard InChI is InChI=1S/C26H28N2O5S2/c1-3-33-26(30)23-21-14-15-28(16-18-8-6-5-7-9-18)17-22(21)34-25(23)27-24(29)19-10-12-20(13-11-19)35(31,32)4-2/h5-13H,3-4,14-17H2,1-2H3,(H,27,29). The van der Waals surface area contributed by atoms with Crippen molar-refractivity contribution in [2.75, 3.05) is 24.2 Å². The molecule has 0 aliphatic carbocycles. The third-order valence-corrected chi connectivity index (χ3v) is 8.83. The van der Waals surface area contributed by atoms with Crippen LogP contribution in [-0.4, -0.2) is 44.1 Å². The minimum Gasteiger partial charge on any atom is -0.462 e. The molecule has 1 N–H and O–H groups in total. The maximum Gasteiger partial charge on any atom is 0.341 e. The minimum atomic E-state index is -3.35. The average Bonchev–Trinajstić information content (AvgIpc) is 3.22. The summed E-state index contributed by atoms with van der Waals surface area (Å²) >= 11 is 1.39. The highest BCUT2D eigenvalue weighted by atomic mass is 32.2. The molecule has 1 amide bonds. The van der Waals surface area contributed by atoms with E-state index >= 15 is 0 Å². The van der Waals surface area contributed by atoms with Crippen molar-refractivity contribution in [2.24, 2.45) is 0 Å². The van der Waals surface area contributed by atoms with E-state index in [4.69, 9.17) is 4.74 Å². The Kier molecular flexibility index (Phi) is 7.69. The van der Waals surface area contributed by atoms with Crippen LogP contribution in [0.4, 0.5) is 5.00 Å². The molecule has 1 aromatic heterocycles. The second-order valence-corrected chi connectivity index (χ2v) is 11.6. The second-order valence-electron chi connectivity index (χ2n) is 8.26. The van der Waals surface area contributed by atoms with Gasteiger partial charge < -0.3 is 10.1 Å². The maximum absolute atomic E-state index is 13.0. The molecule has 7 nitrogen and oxygen atoms in total. The first-order chi connectivity index (χ1) is 16.8. The van der Waals surface area contributed by atoms with Crippen molar-refractivity contribution in [3.05, 3.63) is 81.7 Å². The van der Waals surface area contributed by atoms with Gasteiger partial charge in [0, 0.05) is 30.1 Å². The summed E-state index contributed by atoms with van der Waals surface area (Å²) in [6.07, 6.45) is 0.687. The first-order valence-electron chi connectivity index (χ1n) is 11.5. The molecule has 3 aromatic rings. The van der Waals surface area contributed by atoms with Gasteiger partial charge in [-0.2, -0.15) is 0 Å². The number of benzene rings is 2. The van der Waals surface area contributed by atoms with Crippen molar-refractivity contribution in [3.8, 4) is 0 Å². The van der Waals surface area contributed by atoms with Gasteiger partial charge in [0.2, 0.25) is 0 Å². The summed E-state index contributed by atoms with van der Waals surface area (Å²) in [5.41, 5.74) is 2.88. The van der Waals surface area contributed by atoms with Crippen LogP contribution in [0.5, 0.6) is 0 Å². The van der Waals surface area contributed by atoms with Crippen LogP contribution >= 0.6 is 11.3 Å². The first-order valence-corrected chi connectivity index (χ1v) is 14.0. The van der Waals surface area contributed by atoms with Gasteiger partial charge in [-0.25, -0.2) is 13.2 Å². The fourth-order valence-electron chi connectivity index (χ4n) is 4.10. The van der Waals surface area contributed by atoms with Gasteiger partial charge in [-0.15, -0.1) is 11.3 Å². The van der Waals surface area contributed by atoms with E-state index in [-0.39, 0.29) is 17.3 Å². The number of nitrogens with zero attached hydrogens (tertiary/aromatic N) is 1. The molecule has 2 aromatic carbocycles. The number of anilines is 1. The number of sulfone groups is 1. The Bertz CT molecular complexity index is 1320. The summed E-state index contributed by atoms with van der Waals surface area (Å²) < 4.78 is 29.4. The molecule has 1 aliphatic rings. The molecule has 0 spiro atoms. The number of carbonyl (C=O) groups is 2. The molecule has 0 bridgehead atoms. The predicted octanol–water partition coefficient (Wildman–Crippen LogP) is 4.53. The molecule has 4 rings (SSSR count). The minimum absolute atomic E-state index is 0.0104. The predicted molar refractivity (Wildman–Crippen MR) is 137 cm³/mol. The summed E-state index contributed by atoms with van der Waals surface area (Å²) in [6, 6.07) is 16.1. The van der Waals surface area contributed by atoms with E-state index in [1.165, 1.54) is 41.2 Å². The van der Waals surface area contributed by atoms with Crippen molar-refractivity contribution in [3.63, 3.8) is 0 Å². The van der Waals surface area contributed by atoms with Gasteiger partial charge in [-0.05, 0) is 48.7 Å². The zero-order valence-corrected chi connectivity index (χ0v) is 21.4. The van der Waals surface area contributed by atoms with E-state index in [0.717, 1.165) is 23.5 Å². The van der Waals surface area contributed by atoms with Crippen molar-refractivity contribution >= 4 is 38.1 Å². The number of esters is 1. The number of nitrogens with one attached hydrogen (secondary N) is 1. The lowest BCUT2D eigenvalue weighted by Gasteiger charge is -2.27. The van der Waals surface area contributed by atoms with Gasteiger partial charge in [-0.3, -0.25) is 9.69 Å². The van der Waals surface area contributed by atoms with Crippen LogP contribution in [0.2, 0.25) is 0 Å². The van der Waals surface area contributed by atoms with Crippen LogP contribution in [0, 0.1) is 0 Å². The molecule has 0 radical (unpaired) electrons. The molecule has 35 heavy (non-hydrogen) atoms. The Hall–Kier alpha value is -3.01. The summed E-state index contributed by atoms with van der Waals surface area (Å²) in [5.74, 6) is -0.860. The first kappa shape index (κ1) is 25.1.